The largest absolute Gasteiger partial charge is 0.341 e. The van der Waals surface area contributed by atoms with Crippen LogP contribution in [0.1, 0.15) is 32.1 Å². The molecule has 17 heavy (non-hydrogen) atoms. The zero-order chi connectivity index (χ0) is 11.8. The van der Waals surface area contributed by atoms with Crippen molar-refractivity contribution in [2.45, 2.75) is 44.2 Å². The Balaban J connectivity index is 1.52. The number of nitrogens with zero attached hydrogens (tertiary/aromatic N) is 2. The van der Waals surface area contributed by atoms with Crippen LogP contribution in [0, 0.1) is 5.92 Å². The summed E-state index contributed by atoms with van der Waals surface area (Å²) in [4.78, 5) is 16.7. The summed E-state index contributed by atoms with van der Waals surface area (Å²) in [5, 5.41) is 0. The number of amides is 1. The molecule has 2 heterocycles. The second-order valence-electron chi connectivity index (χ2n) is 5.83. The molecule has 3 fully saturated rings. The normalized spacial score (nSPS) is 38.4. The quantitative estimate of drug-likeness (QED) is 0.757. The van der Waals surface area contributed by atoms with Gasteiger partial charge >= 0.3 is 0 Å². The third-order valence-corrected chi connectivity index (χ3v) is 4.54. The second kappa shape index (κ2) is 4.58. The lowest BCUT2D eigenvalue weighted by molar-refractivity contribution is -0.131. The van der Waals surface area contributed by atoms with Gasteiger partial charge < -0.3 is 10.6 Å². The number of likely N-dealkylation sites (tertiary alicyclic amines) is 2. The highest BCUT2D eigenvalue weighted by Gasteiger charge is 2.44. The second-order valence-corrected chi connectivity index (χ2v) is 5.83. The molecule has 0 radical (unpaired) electrons. The lowest BCUT2D eigenvalue weighted by Gasteiger charge is -2.32. The number of hydrogen-bond acceptors (Lipinski definition) is 3. The van der Waals surface area contributed by atoms with Crippen LogP contribution in [0.2, 0.25) is 0 Å². The highest BCUT2D eigenvalue weighted by Crippen LogP contribution is 2.32. The molecular formula is C13H23N3O. The molecule has 0 spiro atoms. The number of carbonyl (C=O) groups excluding carboxylic acids is 1. The van der Waals surface area contributed by atoms with Crippen LogP contribution in [0.25, 0.3) is 0 Å². The van der Waals surface area contributed by atoms with E-state index in [1.807, 2.05) is 0 Å². The van der Waals surface area contributed by atoms with E-state index in [1.165, 1.54) is 32.4 Å². The minimum absolute atomic E-state index is 0.148. The first-order valence-corrected chi connectivity index (χ1v) is 7.04. The van der Waals surface area contributed by atoms with Crippen molar-refractivity contribution >= 4 is 5.91 Å². The van der Waals surface area contributed by atoms with Gasteiger partial charge in [0.1, 0.15) is 0 Å². The maximum atomic E-state index is 12.1. The highest BCUT2D eigenvalue weighted by molar-refractivity contribution is 5.82. The van der Waals surface area contributed by atoms with Gasteiger partial charge in [0, 0.05) is 25.2 Å². The van der Waals surface area contributed by atoms with Gasteiger partial charge in [0.15, 0.2) is 0 Å². The number of rotatable bonds is 2. The van der Waals surface area contributed by atoms with Crippen molar-refractivity contribution in [3.63, 3.8) is 0 Å². The average Bonchev–Trinajstić information content (AvgIpc) is 2.92. The predicted octanol–water partition coefficient (Wildman–Crippen LogP) is 0.420. The van der Waals surface area contributed by atoms with Crippen LogP contribution in [-0.2, 0) is 4.79 Å². The van der Waals surface area contributed by atoms with Crippen LogP contribution >= 0.6 is 0 Å². The van der Waals surface area contributed by atoms with Crippen molar-refractivity contribution in [3.8, 4) is 0 Å². The van der Waals surface area contributed by atoms with E-state index in [0.717, 1.165) is 25.9 Å². The number of hydrogen-bond donors (Lipinski definition) is 1. The summed E-state index contributed by atoms with van der Waals surface area (Å²) in [5.41, 5.74) is 5.75. The first kappa shape index (κ1) is 11.5. The predicted molar refractivity (Wildman–Crippen MR) is 66.5 cm³/mol. The lowest BCUT2D eigenvalue weighted by Crippen LogP contribution is -2.42. The Labute approximate surface area is 103 Å². The minimum atomic E-state index is 0.148. The molecular weight excluding hydrogens is 214 g/mol. The molecule has 4 heteroatoms. The van der Waals surface area contributed by atoms with Gasteiger partial charge in [-0.3, -0.25) is 9.69 Å². The van der Waals surface area contributed by atoms with Gasteiger partial charge in [0.05, 0.1) is 5.92 Å². The van der Waals surface area contributed by atoms with Crippen molar-refractivity contribution < 1.29 is 4.79 Å². The fourth-order valence-corrected chi connectivity index (χ4v) is 3.26. The molecule has 2 saturated heterocycles. The zero-order valence-electron chi connectivity index (χ0n) is 10.5. The van der Waals surface area contributed by atoms with Gasteiger partial charge in [-0.2, -0.15) is 0 Å². The van der Waals surface area contributed by atoms with Crippen LogP contribution in [0.15, 0.2) is 0 Å². The van der Waals surface area contributed by atoms with E-state index in [0.29, 0.717) is 11.9 Å². The Kier molecular flexibility index (Phi) is 3.09. The van der Waals surface area contributed by atoms with Crippen LogP contribution in [0.5, 0.6) is 0 Å². The van der Waals surface area contributed by atoms with E-state index in [-0.39, 0.29) is 12.0 Å². The Bertz CT molecular complexity index is 301. The Morgan fingerprint density at radius 1 is 1.12 bits per heavy atom. The van der Waals surface area contributed by atoms with Gasteiger partial charge in [0.2, 0.25) is 5.91 Å². The van der Waals surface area contributed by atoms with Gasteiger partial charge in [-0.05, 0) is 38.8 Å². The molecule has 4 nitrogen and oxygen atoms in total. The first-order valence-electron chi connectivity index (χ1n) is 7.04. The van der Waals surface area contributed by atoms with Gasteiger partial charge in [-0.15, -0.1) is 0 Å². The van der Waals surface area contributed by atoms with Crippen molar-refractivity contribution in [1.29, 1.82) is 0 Å². The number of carbonyl (C=O) groups is 1. The molecule has 2 N–H and O–H groups in total. The molecule has 3 aliphatic rings. The monoisotopic (exact) mass is 237 g/mol. The molecule has 1 saturated carbocycles. The summed E-state index contributed by atoms with van der Waals surface area (Å²) in [6.07, 6.45) is 6.11. The molecule has 2 aliphatic heterocycles. The Morgan fingerprint density at radius 3 is 2.47 bits per heavy atom. The third kappa shape index (κ3) is 2.33. The molecule has 0 aromatic carbocycles. The fraction of sp³-hybridized carbons (Fsp3) is 0.923. The van der Waals surface area contributed by atoms with Crippen LogP contribution in [-0.4, -0.2) is 54.0 Å². The van der Waals surface area contributed by atoms with E-state index in [2.05, 4.69) is 9.80 Å². The molecule has 3 rings (SSSR count). The summed E-state index contributed by atoms with van der Waals surface area (Å²) in [7, 11) is 0. The first-order chi connectivity index (χ1) is 8.25. The average molecular weight is 237 g/mol. The highest BCUT2D eigenvalue weighted by atomic mass is 16.2. The van der Waals surface area contributed by atoms with Crippen molar-refractivity contribution in [2.24, 2.45) is 11.7 Å². The van der Waals surface area contributed by atoms with Gasteiger partial charge in [-0.25, -0.2) is 0 Å². The molecule has 1 amide bonds. The smallest absolute Gasteiger partial charge is 0.227 e. The third-order valence-electron chi connectivity index (χ3n) is 4.54. The zero-order valence-corrected chi connectivity index (χ0v) is 10.5. The summed E-state index contributed by atoms with van der Waals surface area (Å²) >= 11 is 0. The van der Waals surface area contributed by atoms with E-state index in [4.69, 9.17) is 5.73 Å². The van der Waals surface area contributed by atoms with Gasteiger partial charge in [-0.1, -0.05) is 6.42 Å². The molecule has 0 aromatic heterocycles. The minimum Gasteiger partial charge on any atom is -0.341 e. The molecule has 0 bridgehead atoms. The van der Waals surface area contributed by atoms with Crippen molar-refractivity contribution in [1.82, 2.24) is 9.80 Å². The molecule has 96 valence electrons. The van der Waals surface area contributed by atoms with Crippen molar-refractivity contribution in [2.75, 3.05) is 26.2 Å². The van der Waals surface area contributed by atoms with Crippen LogP contribution < -0.4 is 5.73 Å². The fourth-order valence-electron chi connectivity index (χ4n) is 3.26. The Morgan fingerprint density at radius 2 is 1.82 bits per heavy atom. The van der Waals surface area contributed by atoms with E-state index < -0.39 is 0 Å². The summed E-state index contributed by atoms with van der Waals surface area (Å²) in [6.45, 7) is 4.36. The molecule has 3 atom stereocenters. The SMILES string of the molecule is NC1CC1C(=O)N1CCC(N2CCCCC2)C1. The number of nitrogens with two attached hydrogens (primary N) is 1. The molecule has 0 aromatic rings. The van der Waals surface area contributed by atoms with E-state index >= 15 is 0 Å². The maximum Gasteiger partial charge on any atom is 0.227 e. The van der Waals surface area contributed by atoms with Crippen LogP contribution in [0.3, 0.4) is 0 Å². The molecule has 3 unspecified atom stereocenters. The number of piperidine rings is 1. The summed E-state index contributed by atoms with van der Waals surface area (Å²) in [5.74, 6) is 0.465. The van der Waals surface area contributed by atoms with Gasteiger partial charge in [0.25, 0.3) is 0 Å². The van der Waals surface area contributed by atoms with E-state index in [1.54, 1.807) is 0 Å². The Hall–Kier alpha value is -0.610. The van der Waals surface area contributed by atoms with Crippen LogP contribution in [0.4, 0.5) is 0 Å². The van der Waals surface area contributed by atoms with E-state index in [9.17, 15) is 4.79 Å². The lowest BCUT2D eigenvalue weighted by atomic mass is 10.1. The van der Waals surface area contributed by atoms with Crippen molar-refractivity contribution in [3.05, 3.63) is 0 Å². The summed E-state index contributed by atoms with van der Waals surface area (Å²) < 4.78 is 0. The topological polar surface area (TPSA) is 49.6 Å². The maximum absolute atomic E-state index is 12.1. The summed E-state index contributed by atoms with van der Waals surface area (Å²) in [6, 6.07) is 0.769. The molecule has 1 aliphatic carbocycles. The standard InChI is InChI=1S/C13H23N3O/c14-12-8-11(12)13(17)16-7-4-10(9-16)15-5-2-1-3-6-15/h10-12H,1-9,14H2.